The van der Waals surface area contributed by atoms with E-state index in [1.807, 2.05) is 13.8 Å². The Morgan fingerprint density at radius 3 is 2.50 bits per heavy atom. The van der Waals surface area contributed by atoms with Gasteiger partial charge in [0.05, 0.1) is 11.8 Å². The standard InChI is InChI=1S/C18H24N4O2/c1-9-13(10(2)19-17-15(9)18(24)22(3)21-17)8-14(23)20-16(11-4-5-11)12-6-7-12/h11-12,16H,4-8H2,1-3H3,(H,19,21)(H,20,23). The molecule has 2 saturated carbocycles. The van der Waals surface area contributed by atoms with Crippen LogP contribution in [0.2, 0.25) is 0 Å². The van der Waals surface area contributed by atoms with Gasteiger partial charge in [-0.3, -0.25) is 19.4 Å². The zero-order valence-electron chi connectivity index (χ0n) is 14.5. The number of rotatable bonds is 5. The first-order chi connectivity index (χ1) is 11.5. The molecular formula is C18H24N4O2. The maximum atomic E-state index is 12.6. The Morgan fingerprint density at radius 2 is 1.92 bits per heavy atom. The number of pyridine rings is 1. The molecule has 2 N–H and O–H groups in total. The van der Waals surface area contributed by atoms with Crippen LogP contribution in [-0.2, 0) is 18.3 Å². The number of aryl methyl sites for hydroxylation is 3. The van der Waals surface area contributed by atoms with E-state index in [0.29, 0.717) is 35.3 Å². The van der Waals surface area contributed by atoms with E-state index in [0.717, 1.165) is 16.8 Å². The van der Waals surface area contributed by atoms with Gasteiger partial charge >= 0.3 is 0 Å². The molecule has 6 heteroatoms. The number of amides is 1. The maximum absolute atomic E-state index is 12.6. The van der Waals surface area contributed by atoms with Crippen LogP contribution in [-0.4, -0.2) is 26.7 Å². The molecule has 2 fully saturated rings. The van der Waals surface area contributed by atoms with Gasteiger partial charge in [-0.05, 0) is 62.5 Å². The monoisotopic (exact) mass is 328 g/mol. The molecule has 2 aliphatic rings. The molecule has 0 aromatic carbocycles. The fourth-order valence-corrected chi connectivity index (χ4v) is 3.80. The van der Waals surface area contributed by atoms with E-state index < -0.39 is 0 Å². The third kappa shape index (κ3) is 2.64. The van der Waals surface area contributed by atoms with Crippen LogP contribution < -0.4 is 10.9 Å². The summed E-state index contributed by atoms with van der Waals surface area (Å²) >= 11 is 0. The average Bonchev–Trinajstić information content (AvgIpc) is 3.42. The van der Waals surface area contributed by atoms with Gasteiger partial charge < -0.3 is 5.32 Å². The van der Waals surface area contributed by atoms with E-state index in [2.05, 4.69) is 15.4 Å². The Labute approximate surface area is 140 Å². The summed E-state index contributed by atoms with van der Waals surface area (Å²) in [5, 5.41) is 6.80. The Balaban J connectivity index is 1.60. The van der Waals surface area contributed by atoms with Crippen LogP contribution in [0.3, 0.4) is 0 Å². The number of fused-ring (bicyclic) bond motifs is 1. The minimum atomic E-state index is -0.0921. The molecule has 2 heterocycles. The highest BCUT2D eigenvalue weighted by Crippen LogP contribution is 2.44. The first-order valence-corrected chi connectivity index (χ1v) is 8.80. The lowest BCUT2D eigenvalue weighted by atomic mass is 10.0. The van der Waals surface area contributed by atoms with Crippen molar-refractivity contribution in [3.8, 4) is 0 Å². The van der Waals surface area contributed by atoms with E-state index in [1.165, 1.54) is 30.4 Å². The van der Waals surface area contributed by atoms with Gasteiger partial charge in [-0.1, -0.05) is 0 Å². The summed E-state index contributed by atoms with van der Waals surface area (Å²) < 4.78 is 1.43. The molecule has 6 nitrogen and oxygen atoms in total. The van der Waals surface area contributed by atoms with Crippen LogP contribution in [0.25, 0.3) is 11.0 Å². The molecule has 128 valence electrons. The summed E-state index contributed by atoms with van der Waals surface area (Å²) in [4.78, 5) is 29.3. The summed E-state index contributed by atoms with van der Waals surface area (Å²) in [6, 6.07) is 0.356. The summed E-state index contributed by atoms with van der Waals surface area (Å²) in [6.45, 7) is 3.81. The van der Waals surface area contributed by atoms with Crippen molar-refractivity contribution in [2.45, 2.75) is 52.0 Å². The second kappa shape index (κ2) is 5.46. The van der Waals surface area contributed by atoms with Crippen LogP contribution in [0.5, 0.6) is 0 Å². The highest BCUT2D eigenvalue weighted by molar-refractivity contribution is 5.84. The van der Waals surface area contributed by atoms with E-state index in [4.69, 9.17) is 0 Å². The first-order valence-electron chi connectivity index (χ1n) is 8.80. The van der Waals surface area contributed by atoms with Crippen molar-refractivity contribution in [1.82, 2.24) is 20.1 Å². The number of nitrogens with zero attached hydrogens (tertiary/aromatic N) is 2. The van der Waals surface area contributed by atoms with Crippen molar-refractivity contribution in [2.75, 3.05) is 0 Å². The van der Waals surface area contributed by atoms with E-state index in [1.54, 1.807) is 7.05 Å². The minimum Gasteiger partial charge on any atom is -0.353 e. The molecule has 0 bridgehead atoms. The van der Waals surface area contributed by atoms with E-state index in [-0.39, 0.29) is 11.5 Å². The van der Waals surface area contributed by atoms with Crippen LogP contribution in [0.1, 0.15) is 42.5 Å². The molecule has 2 aromatic heterocycles. The van der Waals surface area contributed by atoms with Gasteiger partial charge in [-0.25, -0.2) is 4.98 Å². The van der Waals surface area contributed by atoms with Gasteiger partial charge in [0.2, 0.25) is 5.91 Å². The third-order valence-corrected chi connectivity index (χ3v) is 5.50. The van der Waals surface area contributed by atoms with Gasteiger partial charge in [0.25, 0.3) is 5.56 Å². The van der Waals surface area contributed by atoms with Crippen LogP contribution in [0, 0.1) is 25.7 Å². The molecule has 2 aliphatic carbocycles. The number of carbonyl (C=O) groups is 1. The van der Waals surface area contributed by atoms with Gasteiger partial charge in [0.1, 0.15) is 0 Å². The topological polar surface area (TPSA) is 79.8 Å². The largest absolute Gasteiger partial charge is 0.353 e. The molecule has 0 spiro atoms. The number of nitrogens with one attached hydrogen (secondary N) is 2. The first kappa shape index (κ1) is 15.4. The summed E-state index contributed by atoms with van der Waals surface area (Å²) in [7, 11) is 1.68. The number of H-pyrrole nitrogens is 1. The minimum absolute atomic E-state index is 0.0542. The number of hydrogen-bond donors (Lipinski definition) is 2. The Bertz CT molecular complexity index is 859. The Hall–Kier alpha value is -2.11. The molecule has 24 heavy (non-hydrogen) atoms. The normalized spacial score (nSPS) is 17.7. The predicted molar refractivity (Wildman–Crippen MR) is 91.9 cm³/mol. The van der Waals surface area contributed by atoms with Crippen molar-refractivity contribution in [2.24, 2.45) is 18.9 Å². The average molecular weight is 328 g/mol. The van der Waals surface area contributed by atoms with Crippen molar-refractivity contribution in [3.05, 3.63) is 27.2 Å². The van der Waals surface area contributed by atoms with Gasteiger partial charge in [-0.15, -0.1) is 0 Å². The quantitative estimate of drug-likeness (QED) is 0.877. The van der Waals surface area contributed by atoms with Crippen molar-refractivity contribution in [3.63, 3.8) is 0 Å². The van der Waals surface area contributed by atoms with Crippen molar-refractivity contribution >= 4 is 16.9 Å². The molecule has 1 amide bonds. The lowest BCUT2D eigenvalue weighted by molar-refractivity contribution is -0.121. The van der Waals surface area contributed by atoms with Crippen LogP contribution >= 0.6 is 0 Å². The molecule has 0 atom stereocenters. The molecule has 2 aromatic rings. The lowest BCUT2D eigenvalue weighted by Gasteiger charge is -2.18. The third-order valence-electron chi connectivity index (χ3n) is 5.50. The molecule has 0 unspecified atom stereocenters. The second-order valence-electron chi connectivity index (χ2n) is 7.45. The zero-order valence-corrected chi connectivity index (χ0v) is 14.5. The molecular weight excluding hydrogens is 304 g/mol. The second-order valence-corrected chi connectivity index (χ2v) is 7.45. The van der Waals surface area contributed by atoms with Crippen LogP contribution in [0.15, 0.2) is 4.79 Å². The smallest absolute Gasteiger partial charge is 0.276 e. The summed E-state index contributed by atoms with van der Waals surface area (Å²) in [5.74, 6) is 1.42. The number of hydrogen-bond acceptors (Lipinski definition) is 3. The number of aromatic nitrogens is 3. The highest BCUT2D eigenvalue weighted by atomic mass is 16.1. The fourth-order valence-electron chi connectivity index (χ4n) is 3.80. The van der Waals surface area contributed by atoms with Crippen molar-refractivity contribution < 1.29 is 4.79 Å². The van der Waals surface area contributed by atoms with Gasteiger partial charge in [0, 0.05) is 18.8 Å². The predicted octanol–water partition coefficient (Wildman–Crippen LogP) is 1.73. The molecule has 0 saturated heterocycles. The Kier molecular flexibility index (Phi) is 3.51. The molecule has 0 aliphatic heterocycles. The zero-order chi connectivity index (χ0) is 17.0. The molecule has 0 radical (unpaired) electrons. The lowest BCUT2D eigenvalue weighted by Crippen LogP contribution is -2.39. The maximum Gasteiger partial charge on any atom is 0.276 e. The number of aromatic amines is 1. The molecule has 4 rings (SSSR count). The Morgan fingerprint density at radius 1 is 1.29 bits per heavy atom. The summed E-state index contributed by atoms with van der Waals surface area (Å²) in [5.41, 5.74) is 3.05. The van der Waals surface area contributed by atoms with E-state index >= 15 is 0 Å². The van der Waals surface area contributed by atoms with Crippen molar-refractivity contribution in [1.29, 1.82) is 0 Å². The summed E-state index contributed by atoms with van der Waals surface area (Å²) in [6.07, 6.45) is 5.27. The number of carbonyl (C=O) groups excluding carboxylic acids is 1. The van der Waals surface area contributed by atoms with Gasteiger partial charge in [-0.2, -0.15) is 0 Å². The van der Waals surface area contributed by atoms with Gasteiger partial charge in [0.15, 0.2) is 5.65 Å². The van der Waals surface area contributed by atoms with Crippen LogP contribution in [0.4, 0.5) is 0 Å². The SMILES string of the molecule is Cc1nc2[nH]n(C)c(=O)c2c(C)c1CC(=O)NC(C1CC1)C1CC1. The highest BCUT2D eigenvalue weighted by Gasteiger charge is 2.42. The fraction of sp³-hybridized carbons (Fsp3) is 0.611. The van der Waals surface area contributed by atoms with E-state index in [9.17, 15) is 9.59 Å².